The van der Waals surface area contributed by atoms with Crippen molar-refractivity contribution in [2.24, 2.45) is 0 Å². The smallest absolute Gasteiger partial charge is 0.217 e. The molecule has 6 heteroatoms. The highest BCUT2D eigenvalue weighted by Gasteiger charge is 2.36. The monoisotopic (exact) mass is 259 g/mol. The molecule has 0 spiro atoms. The normalized spacial score (nSPS) is 20.9. The molecule has 6 nitrogen and oxygen atoms in total. The van der Waals surface area contributed by atoms with Crippen molar-refractivity contribution in [2.45, 2.75) is 32.9 Å². The van der Waals surface area contributed by atoms with E-state index < -0.39 is 0 Å². The number of rotatable bonds is 1. The molecule has 0 radical (unpaired) electrons. The fourth-order valence-corrected chi connectivity index (χ4v) is 2.65. The van der Waals surface area contributed by atoms with Crippen LogP contribution >= 0.6 is 0 Å². The summed E-state index contributed by atoms with van der Waals surface area (Å²) >= 11 is 0. The number of carbonyl (C=O) groups is 3. The third kappa shape index (κ3) is 1.63. The summed E-state index contributed by atoms with van der Waals surface area (Å²) in [5.41, 5.74) is 1.01. The first-order chi connectivity index (χ1) is 8.99. The first-order valence-corrected chi connectivity index (χ1v) is 6.14. The number of ketones is 2. The summed E-state index contributed by atoms with van der Waals surface area (Å²) in [6.45, 7) is 3.66. The molecule has 1 aliphatic heterocycles. The lowest BCUT2D eigenvalue weighted by Gasteiger charge is -2.09. The average molecular weight is 259 g/mol. The van der Waals surface area contributed by atoms with Gasteiger partial charge in [0, 0.05) is 19.0 Å². The Bertz CT molecular complexity index is 654. The van der Waals surface area contributed by atoms with Crippen molar-refractivity contribution in [1.29, 1.82) is 0 Å². The summed E-state index contributed by atoms with van der Waals surface area (Å²) in [6, 6.07) is -0.219. The Kier molecular flexibility index (Phi) is 2.41. The number of hydrogen-bond acceptors (Lipinski definition) is 4. The maximum Gasteiger partial charge on any atom is 0.217 e. The van der Waals surface area contributed by atoms with Crippen molar-refractivity contribution in [3.05, 3.63) is 28.9 Å². The minimum Gasteiger partial charge on any atom is -0.346 e. The largest absolute Gasteiger partial charge is 0.346 e. The van der Waals surface area contributed by atoms with Crippen LogP contribution in [0.3, 0.4) is 0 Å². The minimum atomic E-state index is -0.240. The zero-order chi connectivity index (χ0) is 13.7. The molecule has 1 aromatic rings. The molecule has 0 unspecified atom stereocenters. The molecule has 1 aliphatic carbocycles. The van der Waals surface area contributed by atoms with Gasteiger partial charge in [-0.25, -0.2) is 4.98 Å². The number of imidazole rings is 1. The van der Waals surface area contributed by atoms with Gasteiger partial charge in [-0.05, 0) is 19.4 Å². The molecule has 3 rings (SSSR count). The van der Waals surface area contributed by atoms with E-state index in [0.717, 1.165) is 0 Å². The molecule has 0 saturated carbocycles. The zero-order valence-electron chi connectivity index (χ0n) is 10.7. The summed E-state index contributed by atoms with van der Waals surface area (Å²) in [5.74, 6) is 0.0591. The molecule has 2 heterocycles. The Hall–Kier alpha value is -2.24. The molecule has 0 aromatic carbocycles. The highest BCUT2D eigenvalue weighted by molar-refractivity contribution is 6.23. The van der Waals surface area contributed by atoms with Crippen molar-refractivity contribution in [1.82, 2.24) is 14.9 Å². The van der Waals surface area contributed by atoms with E-state index in [-0.39, 0.29) is 29.2 Å². The lowest BCUT2D eigenvalue weighted by atomic mass is 9.99. The molecule has 2 aliphatic rings. The van der Waals surface area contributed by atoms with E-state index in [0.29, 0.717) is 30.1 Å². The van der Waals surface area contributed by atoms with Crippen LogP contribution in [0, 0.1) is 0 Å². The van der Waals surface area contributed by atoms with Crippen molar-refractivity contribution in [2.75, 3.05) is 0 Å². The van der Waals surface area contributed by atoms with Crippen LogP contribution in [-0.2, 0) is 11.3 Å². The van der Waals surface area contributed by atoms with Gasteiger partial charge in [0.25, 0.3) is 0 Å². The second-order valence-corrected chi connectivity index (χ2v) is 4.88. The Morgan fingerprint density at radius 2 is 2.21 bits per heavy atom. The zero-order valence-corrected chi connectivity index (χ0v) is 10.7. The van der Waals surface area contributed by atoms with Gasteiger partial charge in [0.1, 0.15) is 17.2 Å². The van der Waals surface area contributed by atoms with Gasteiger partial charge in [-0.2, -0.15) is 0 Å². The van der Waals surface area contributed by atoms with Gasteiger partial charge in [0.15, 0.2) is 0 Å². The molecule has 0 bridgehead atoms. The molecule has 1 N–H and O–H groups in total. The summed E-state index contributed by atoms with van der Waals surface area (Å²) in [4.78, 5) is 39.4. The van der Waals surface area contributed by atoms with Gasteiger partial charge < -0.3 is 9.88 Å². The lowest BCUT2D eigenvalue weighted by molar-refractivity contribution is -0.119. The van der Waals surface area contributed by atoms with Gasteiger partial charge in [0.2, 0.25) is 17.5 Å². The van der Waals surface area contributed by atoms with Crippen LogP contribution in [0.1, 0.15) is 53.1 Å². The third-order valence-corrected chi connectivity index (χ3v) is 3.48. The van der Waals surface area contributed by atoms with Crippen LogP contribution in [0.5, 0.6) is 0 Å². The van der Waals surface area contributed by atoms with Crippen LogP contribution in [0.4, 0.5) is 0 Å². The summed E-state index contributed by atoms with van der Waals surface area (Å²) < 4.78 is 1.76. The molecule has 1 aromatic heterocycles. The Labute approximate surface area is 109 Å². The van der Waals surface area contributed by atoms with Crippen LogP contribution in [0.2, 0.25) is 0 Å². The number of Topliss-reactive ketones (excluding diaryl/α,β-unsaturated/α-hetero) is 1. The number of nitrogens with zero attached hydrogens (tertiary/aromatic N) is 2. The van der Waals surface area contributed by atoms with Gasteiger partial charge in [-0.3, -0.25) is 14.4 Å². The second kappa shape index (κ2) is 3.88. The van der Waals surface area contributed by atoms with Crippen LogP contribution < -0.4 is 5.32 Å². The highest BCUT2D eigenvalue weighted by atomic mass is 16.2. The molecular formula is C13H13N3O3. The third-order valence-electron chi connectivity index (χ3n) is 3.48. The van der Waals surface area contributed by atoms with E-state index in [4.69, 9.17) is 0 Å². The first kappa shape index (κ1) is 11.8. The number of fused-ring (bicyclic) bond motifs is 3. The molecule has 98 valence electrons. The van der Waals surface area contributed by atoms with Crippen molar-refractivity contribution in [3.8, 4) is 0 Å². The van der Waals surface area contributed by atoms with E-state index in [9.17, 15) is 14.4 Å². The molecular weight excluding hydrogens is 246 g/mol. The van der Waals surface area contributed by atoms with Gasteiger partial charge in [0.05, 0.1) is 6.04 Å². The van der Waals surface area contributed by atoms with Crippen molar-refractivity contribution in [3.63, 3.8) is 0 Å². The van der Waals surface area contributed by atoms with E-state index in [1.165, 1.54) is 13.0 Å². The molecule has 0 saturated heterocycles. The van der Waals surface area contributed by atoms with Crippen molar-refractivity contribution >= 4 is 17.5 Å². The number of carbonyl (C=O) groups excluding carboxylic acids is 3. The Balaban J connectivity index is 2.09. The Morgan fingerprint density at radius 3 is 2.89 bits per heavy atom. The molecule has 19 heavy (non-hydrogen) atoms. The molecule has 0 fully saturated rings. The average Bonchev–Trinajstić information content (AvgIpc) is 2.86. The number of hydrogen-bond donors (Lipinski definition) is 1. The standard InChI is InChI=1S/C13H13N3O3/c1-6-5-9(18)10-11(12(6)19)16-4-3-8(13(16)15-10)14-7(2)17/h5,8H,3-4H2,1-2H3,(H,14,17)/t8-/m0/s1. The molecule has 1 amide bonds. The molecule has 1 atom stereocenters. The summed E-state index contributed by atoms with van der Waals surface area (Å²) in [6.07, 6.45) is 2.01. The topological polar surface area (TPSA) is 81.1 Å². The van der Waals surface area contributed by atoms with Gasteiger partial charge >= 0.3 is 0 Å². The SMILES string of the molecule is CC(=O)N[C@H]1CCn2c1nc1c2C(=O)C(C)=CC1=O. The number of allylic oxidation sites excluding steroid dienone is 2. The minimum absolute atomic E-state index is 0.147. The van der Waals surface area contributed by atoms with Gasteiger partial charge in [-0.15, -0.1) is 0 Å². The van der Waals surface area contributed by atoms with Gasteiger partial charge in [-0.1, -0.05) is 0 Å². The Morgan fingerprint density at radius 1 is 1.47 bits per heavy atom. The van der Waals surface area contributed by atoms with Crippen LogP contribution in [-0.4, -0.2) is 27.0 Å². The second-order valence-electron chi connectivity index (χ2n) is 4.88. The van der Waals surface area contributed by atoms with Crippen LogP contribution in [0.15, 0.2) is 11.6 Å². The number of nitrogens with one attached hydrogen (secondary N) is 1. The lowest BCUT2D eigenvalue weighted by Crippen LogP contribution is -2.24. The van der Waals surface area contributed by atoms with Crippen LogP contribution in [0.25, 0.3) is 0 Å². The quantitative estimate of drug-likeness (QED) is 0.808. The van der Waals surface area contributed by atoms with E-state index in [1.54, 1.807) is 11.5 Å². The van der Waals surface area contributed by atoms with E-state index in [1.807, 2.05) is 0 Å². The predicted octanol–water partition coefficient (Wildman–Crippen LogP) is 0.789. The fourth-order valence-electron chi connectivity index (χ4n) is 2.65. The maximum atomic E-state index is 12.1. The predicted molar refractivity (Wildman–Crippen MR) is 65.8 cm³/mol. The number of aromatic nitrogens is 2. The van der Waals surface area contributed by atoms with E-state index >= 15 is 0 Å². The first-order valence-electron chi connectivity index (χ1n) is 6.14. The highest BCUT2D eigenvalue weighted by Crippen LogP contribution is 2.31. The van der Waals surface area contributed by atoms with E-state index in [2.05, 4.69) is 10.3 Å². The summed E-state index contributed by atoms with van der Waals surface area (Å²) in [7, 11) is 0. The maximum absolute atomic E-state index is 12.1. The fraction of sp³-hybridized carbons (Fsp3) is 0.385. The van der Waals surface area contributed by atoms with Crippen molar-refractivity contribution < 1.29 is 14.4 Å². The number of amides is 1. The summed E-state index contributed by atoms with van der Waals surface area (Å²) in [5, 5.41) is 2.79.